The number of hydrogen-bond acceptors (Lipinski definition) is 4. The van der Waals surface area contributed by atoms with Gasteiger partial charge in [0.05, 0.1) is 13.2 Å². The molecule has 3 rings (SSSR count). The summed E-state index contributed by atoms with van der Waals surface area (Å²) in [6, 6.07) is 29.2. The second-order valence-electron chi connectivity index (χ2n) is 8.00. The van der Waals surface area contributed by atoms with Gasteiger partial charge in [0, 0.05) is 6.54 Å². The fourth-order valence-electron chi connectivity index (χ4n) is 3.98. The highest BCUT2D eigenvalue weighted by Crippen LogP contribution is 2.50. The first-order valence-electron chi connectivity index (χ1n) is 12.2. The molecule has 0 radical (unpaired) electrons. The molecule has 0 atom stereocenters. The lowest BCUT2D eigenvalue weighted by Crippen LogP contribution is -2.24. The van der Waals surface area contributed by atoms with Gasteiger partial charge in [-0.2, -0.15) is 0 Å². The average molecular weight is 494 g/mol. The molecule has 0 saturated heterocycles. The molecule has 0 bridgehead atoms. The van der Waals surface area contributed by atoms with E-state index in [9.17, 15) is 4.57 Å². The Kier molecular flexibility index (Phi) is 10.3. The largest absolute Gasteiger partial charge is 0.492 e. The molecule has 0 saturated carbocycles. The number of hydrogen-bond donors (Lipinski definition) is 0. The SMILES string of the molecule is CCOP(=O)(OCC)N(C)CCOc1ccc(/C(=C(/CC)c2ccccc2)c2ccccc2)cc1. The van der Waals surface area contributed by atoms with E-state index in [-0.39, 0.29) is 0 Å². The highest BCUT2D eigenvalue weighted by Gasteiger charge is 2.29. The molecule has 6 heteroatoms. The first-order chi connectivity index (χ1) is 17.0. The second kappa shape index (κ2) is 13.4. The average Bonchev–Trinajstić information content (AvgIpc) is 2.89. The molecule has 3 aromatic rings. The van der Waals surface area contributed by atoms with E-state index in [2.05, 4.69) is 67.6 Å². The van der Waals surface area contributed by atoms with Crippen LogP contribution < -0.4 is 4.74 Å². The Bertz CT molecular complexity index is 1100. The summed E-state index contributed by atoms with van der Waals surface area (Å²) in [7, 11) is -1.56. The van der Waals surface area contributed by atoms with Crippen LogP contribution >= 0.6 is 7.75 Å². The summed E-state index contributed by atoms with van der Waals surface area (Å²) in [5.41, 5.74) is 6.07. The summed E-state index contributed by atoms with van der Waals surface area (Å²) in [6.07, 6.45) is 0.915. The Labute approximate surface area is 209 Å². The number of rotatable bonds is 13. The van der Waals surface area contributed by atoms with Crippen molar-refractivity contribution < 1.29 is 18.3 Å². The van der Waals surface area contributed by atoms with Gasteiger partial charge in [0.25, 0.3) is 0 Å². The van der Waals surface area contributed by atoms with Crippen molar-refractivity contribution in [2.24, 2.45) is 0 Å². The zero-order valence-corrected chi connectivity index (χ0v) is 22.0. The van der Waals surface area contributed by atoms with Gasteiger partial charge in [0.1, 0.15) is 12.4 Å². The third kappa shape index (κ3) is 7.16. The molecule has 0 heterocycles. The molecule has 0 N–H and O–H groups in total. The predicted octanol–water partition coefficient (Wildman–Crippen LogP) is 7.55. The van der Waals surface area contributed by atoms with E-state index in [4.69, 9.17) is 13.8 Å². The van der Waals surface area contributed by atoms with Gasteiger partial charge >= 0.3 is 7.75 Å². The normalized spacial score (nSPS) is 12.5. The van der Waals surface area contributed by atoms with Crippen LogP contribution in [0.4, 0.5) is 0 Å². The van der Waals surface area contributed by atoms with E-state index >= 15 is 0 Å². The van der Waals surface area contributed by atoms with Crippen LogP contribution in [0.15, 0.2) is 84.9 Å². The Morgan fingerprint density at radius 3 is 1.77 bits per heavy atom. The van der Waals surface area contributed by atoms with Gasteiger partial charge in [0.15, 0.2) is 0 Å². The Balaban J connectivity index is 1.80. The molecule has 0 aliphatic heterocycles. The number of ether oxygens (including phenoxy) is 1. The monoisotopic (exact) mass is 493 g/mol. The molecule has 0 unspecified atom stereocenters. The molecule has 0 aromatic heterocycles. The smallest absolute Gasteiger partial charge is 0.407 e. The molecule has 0 aliphatic carbocycles. The lowest BCUT2D eigenvalue weighted by Gasteiger charge is -2.26. The molecule has 5 nitrogen and oxygen atoms in total. The maximum atomic E-state index is 12.8. The Morgan fingerprint density at radius 2 is 1.26 bits per heavy atom. The van der Waals surface area contributed by atoms with Gasteiger partial charge in [-0.25, -0.2) is 9.24 Å². The first-order valence-corrected chi connectivity index (χ1v) is 13.7. The number of allylic oxidation sites excluding steroid dienone is 1. The third-order valence-corrected chi connectivity index (χ3v) is 7.87. The van der Waals surface area contributed by atoms with Crippen molar-refractivity contribution in [3.8, 4) is 5.75 Å². The van der Waals surface area contributed by atoms with E-state index in [0.717, 1.165) is 17.7 Å². The summed E-state index contributed by atoms with van der Waals surface area (Å²) in [5, 5.41) is 0. The minimum atomic E-state index is -3.28. The quantitative estimate of drug-likeness (QED) is 0.182. The molecule has 0 spiro atoms. The minimum Gasteiger partial charge on any atom is -0.492 e. The van der Waals surface area contributed by atoms with E-state index in [0.29, 0.717) is 26.4 Å². The molecule has 0 aliphatic rings. The van der Waals surface area contributed by atoms with Gasteiger partial charge in [0.2, 0.25) is 0 Å². The number of nitrogens with zero attached hydrogens (tertiary/aromatic N) is 1. The van der Waals surface area contributed by atoms with Gasteiger partial charge < -0.3 is 4.74 Å². The summed E-state index contributed by atoms with van der Waals surface area (Å²) < 4.78 is 31.2. The topological polar surface area (TPSA) is 48.0 Å². The van der Waals surface area contributed by atoms with Crippen LogP contribution in [0.2, 0.25) is 0 Å². The lowest BCUT2D eigenvalue weighted by molar-refractivity contribution is 0.167. The zero-order chi connectivity index (χ0) is 25.1. The van der Waals surface area contributed by atoms with Crippen molar-refractivity contribution in [3.05, 3.63) is 102 Å². The number of benzene rings is 3. The summed E-state index contributed by atoms with van der Waals surface area (Å²) >= 11 is 0. The molecule has 186 valence electrons. The van der Waals surface area contributed by atoms with Crippen LogP contribution in [0.5, 0.6) is 5.75 Å². The van der Waals surface area contributed by atoms with Crippen molar-refractivity contribution in [1.82, 2.24) is 4.67 Å². The molecule has 35 heavy (non-hydrogen) atoms. The molecular formula is C29H36NO4P. The van der Waals surface area contributed by atoms with Crippen molar-refractivity contribution in [1.29, 1.82) is 0 Å². The van der Waals surface area contributed by atoms with Gasteiger partial charge in [-0.15, -0.1) is 0 Å². The lowest BCUT2D eigenvalue weighted by atomic mass is 9.88. The fraction of sp³-hybridized carbons (Fsp3) is 0.310. The maximum Gasteiger partial charge on any atom is 0.407 e. The van der Waals surface area contributed by atoms with Crippen molar-refractivity contribution in [2.75, 3.05) is 33.4 Å². The van der Waals surface area contributed by atoms with Crippen molar-refractivity contribution >= 4 is 18.9 Å². The second-order valence-corrected chi connectivity index (χ2v) is 10.1. The van der Waals surface area contributed by atoms with E-state index in [1.165, 1.54) is 22.3 Å². The van der Waals surface area contributed by atoms with Crippen LogP contribution in [-0.4, -0.2) is 38.1 Å². The minimum absolute atomic E-state index is 0.323. The van der Waals surface area contributed by atoms with Crippen LogP contribution in [0, 0.1) is 0 Å². The van der Waals surface area contributed by atoms with Gasteiger partial charge in [-0.3, -0.25) is 9.05 Å². The van der Waals surface area contributed by atoms with Crippen LogP contribution in [0.1, 0.15) is 43.9 Å². The van der Waals surface area contributed by atoms with Crippen molar-refractivity contribution in [3.63, 3.8) is 0 Å². The molecule has 3 aromatic carbocycles. The summed E-state index contributed by atoms with van der Waals surface area (Å²) in [4.78, 5) is 0. The zero-order valence-electron chi connectivity index (χ0n) is 21.1. The van der Waals surface area contributed by atoms with Crippen LogP contribution in [0.25, 0.3) is 11.1 Å². The summed E-state index contributed by atoms with van der Waals surface area (Å²) in [6.45, 7) is 7.24. The highest BCUT2D eigenvalue weighted by molar-refractivity contribution is 7.51. The van der Waals surface area contributed by atoms with Crippen LogP contribution in [0.3, 0.4) is 0 Å². The third-order valence-electron chi connectivity index (χ3n) is 5.67. The van der Waals surface area contributed by atoms with E-state index in [1.807, 2.05) is 24.3 Å². The molecule has 0 fully saturated rings. The molecular weight excluding hydrogens is 457 g/mol. The fourth-order valence-corrected chi connectivity index (χ4v) is 5.43. The Hall–Kier alpha value is -2.69. The molecule has 0 amide bonds. The first kappa shape index (κ1) is 26.9. The van der Waals surface area contributed by atoms with E-state index < -0.39 is 7.75 Å². The predicted molar refractivity (Wildman–Crippen MR) is 145 cm³/mol. The van der Waals surface area contributed by atoms with Crippen molar-refractivity contribution in [2.45, 2.75) is 27.2 Å². The van der Waals surface area contributed by atoms with E-state index in [1.54, 1.807) is 25.6 Å². The number of likely N-dealkylation sites (N-methyl/N-ethyl adjacent to an activating group) is 1. The Morgan fingerprint density at radius 1 is 0.743 bits per heavy atom. The highest BCUT2D eigenvalue weighted by atomic mass is 31.2. The summed E-state index contributed by atoms with van der Waals surface area (Å²) in [5.74, 6) is 0.759. The van der Waals surface area contributed by atoms with Gasteiger partial charge in [-0.1, -0.05) is 79.7 Å². The van der Waals surface area contributed by atoms with Gasteiger partial charge in [-0.05, 0) is 67.3 Å². The maximum absolute atomic E-state index is 12.8. The van der Waals surface area contributed by atoms with Crippen LogP contribution in [-0.2, 0) is 13.6 Å². The standard InChI is InChI=1S/C29H36NO4P/c1-5-28(24-14-10-8-11-15-24)29(25-16-12-9-13-17-25)26-18-20-27(21-19-26)32-23-22-30(4)35(31,33-6-2)34-7-3/h8-21H,5-7,22-23H2,1-4H3/b29-28-.